The Morgan fingerprint density at radius 2 is 1.56 bits per heavy atom. The molecule has 0 bridgehead atoms. The Balaban J connectivity index is 2.50. The molecule has 0 saturated heterocycles. The number of halogens is 1. The zero-order chi connectivity index (χ0) is 18.9. The number of hydrogen-bond donors (Lipinski definition) is 2. The van der Waals surface area contributed by atoms with Gasteiger partial charge in [0, 0.05) is 18.7 Å². The van der Waals surface area contributed by atoms with Crippen LogP contribution in [0.1, 0.15) is 44.2 Å². The fraction of sp³-hybridized carbons (Fsp3) is 0.625. The fourth-order valence-corrected chi connectivity index (χ4v) is 4.47. The summed E-state index contributed by atoms with van der Waals surface area (Å²) in [6.45, 7) is 3.79. The van der Waals surface area contributed by atoms with E-state index < -0.39 is 25.9 Å². The number of benzene rings is 1. The monoisotopic (exact) mass is 394 g/mol. The van der Waals surface area contributed by atoms with Gasteiger partial charge in [0.25, 0.3) is 0 Å². The van der Waals surface area contributed by atoms with E-state index in [4.69, 9.17) is 0 Å². The SMILES string of the molecule is CCCS(=O)(=O)NCCCc1ccc(CNS(=O)(=O)CCC)c(F)c1. The maximum Gasteiger partial charge on any atom is 0.211 e. The summed E-state index contributed by atoms with van der Waals surface area (Å²) in [4.78, 5) is 0. The summed E-state index contributed by atoms with van der Waals surface area (Å²) in [7, 11) is -6.59. The third kappa shape index (κ3) is 8.75. The molecular weight excluding hydrogens is 367 g/mol. The minimum atomic E-state index is -3.37. The Morgan fingerprint density at radius 1 is 0.960 bits per heavy atom. The van der Waals surface area contributed by atoms with Crippen molar-refractivity contribution < 1.29 is 21.2 Å². The first-order valence-corrected chi connectivity index (χ1v) is 11.7. The average molecular weight is 395 g/mol. The molecule has 0 fully saturated rings. The van der Waals surface area contributed by atoms with E-state index in [0.29, 0.717) is 32.2 Å². The van der Waals surface area contributed by atoms with Gasteiger partial charge in [-0.3, -0.25) is 0 Å². The van der Waals surface area contributed by atoms with Crippen molar-refractivity contribution in [3.05, 3.63) is 35.1 Å². The summed E-state index contributed by atoms with van der Waals surface area (Å²) in [6.07, 6.45) is 2.15. The summed E-state index contributed by atoms with van der Waals surface area (Å²) < 4.78 is 65.2. The predicted octanol–water partition coefficient (Wildman–Crippen LogP) is 1.92. The topological polar surface area (TPSA) is 92.3 Å². The van der Waals surface area contributed by atoms with Gasteiger partial charge in [-0.25, -0.2) is 30.7 Å². The molecule has 6 nitrogen and oxygen atoms in total. The normalized spacial score (nSPS) is 12.4. The van der Waals surface area contributed by atoms with Gasteiger partial charge in [0.1, 0.15) is 5.82 Å². The molecule has 0 heterocycles. The van der Waals surface area contributed by atoms with Crippen LogP contribution >= 0.6 is 0 Å². The van der Waals surface area contributed by atoms with Crippen LogP contribution in [0.15, 0.2) is 18.2 Å². The Hall–Kier alpha value is -1.03. The highest BCUT2D eigenvalue weighted by Crippen LogP contribution is 2.12. The van der Waals surface area contributed by atoms with Gasteiger partial charge in [0.2, 0.25) is 20.0 Å². The molecule has 0 aliphatic rings. The zero-order valence-corrected chi connectivity index (χ0v) is 16.3. The van der Waals surface area contributed by atoms with E-state index in [9.17, 15) is 21.2 Å². The molecule has 0 aromatic heterocycles. The van der Waals surface area contributed by atoms with E-state index in [0.717, 1.165) is 5.56 Å². The highest BCUT2D eigenvalue weighted by Gasteiger charge is 2.11. The number of rotatable bonds is 12. The van der Waals surface area contributed by atoms with Crippen LogP contribution in [-0.2, 0) is 33.0 Å². The van der Waals surface area contributed by atoms with Crippen LogP contribution in [0.4, 0.5) is 4.39 Å². The summed E-state index contributed by atoms with van der Waals surface area (Å²) in [5.74, 6) is -0.353. The van der Waals surface area contributed by atoms with E-state index in [1.807, 2.05) is 0 Å². The van der Waals surface area contributed by atoms with Crippen LogP contribution in [0.25, 0.3) is 0 Å². The number of nitrogens with one attached hydrogen (secondary N) is 2. The molecule has 0 atom stereocenters. The fourth-order valence-electron chi connectivity index (χ4n) is 2.28. The summed E-state index contributed by atoms with van der Waals surface area (Å²) in [5, 5.41) is 0. The van der Waals surface area contributed by atoms with Crippen molar-refractivity contribution in [2.24, 2.45) is 0 Å². The molecule has 9 heteroatoms. The summed E-state index contributed by atoms with van der Waals surface area (Å²) in [6, 6.07) is 4.65. The Labute approximate surface area is 150 Å². The first-order chi connectivity index (χ1) is 11.7. The van der Waals surface area contributed by atoms with Crippen LogP contribution in [0, 0.1) is 5.82 Å². The number of hydrogen-bond acceptors (Lipinski definition) is 4. The second kappa shape index (κ2) is 10.2. The lowest BCUT2D eigenvalue weighted by Crippen LogP contribution is -2.27. The molecule has 0 saturated carbocycles. The minimum absolute atomic E-state index is 0.0145. The molecule has 0 aliphatic heterocycles. The standard InChI is InChI=1S/C16H27FN2O4S2/c1-3-10-24(20,21)18-9-5-6-14-7-8-15(16(17)12-14)13-19-25(22,23)11-4-2/h7-8,12,18-19H,3-6,9-11,13H2,1-2H3. The van der Waals surface area contributed by atoms with Crippen molar-refractivity contribution in [1.29, 1.82) is 0 Å². The first kappa shape index (κ1) is 22.0. The molecule has 1 rings (SSSR count). The predicted molar refractivity (Wildman–Crippen MR) is 97.7 cm³/mol. The van der Waals surface area contributed by atoms with Gasteiger partial charge in [-0.2, -0.15) is 0 Å². The van der Waals surface area contributed by atoms with Crippen molar-refractivity contribution in [3.63, 3.8) is 0 Å². The maximum absolute atomic E-state index is 14.1. The lowest BCUT2D eigenvalue weighted by atomic mass is 10.1. The Bertz CT molecular complexity index is 749. The molecule has 0 spiro atoms. The largest absolute Gasteiger partial charge is 0.215 e. The van der Waals surface area contributed by atoms with E-state index in [2.05, 4.69) is 9.44 Å². The highest BCUT2D eigenvalue weighted by atomic mass is 32.2. The Morgan fingerprint density at radius 3 is 2.12 bits per heavy atom. The molecule has 144 valence electrons. The van der Waals surface area contributed by atoms with Gasteiger partial charge in [0.05, 0.1) is 11.5 Å². The quantitative estimate of drug-likeness (QED) is 0.530. The molecule has 0 radical (unpaired) electrons. The number of aryl methyl sites for hydroxylation is 1. The zero-order valence-electron chi connectivity index (χ0n) is 14.7. The molecule has 2 N–H and O–H groups in total. The van der Waals surface area contributed by atoms with Crippen LogP contribution < -0.4 is 9.44 Å². The summed E-state index contributed by atoms with van der Waals surface area (Å²) >= 11 is 0. The van der Waals surface area contributed by atoms with Crippen molar-refractivity contribution in [3.8, 4) is 0 Å². The van der Waals surface area contributed by atoms with E-state index >= 15 is 0 Å². The Kier molecular flexibility index (Phi) is 8.98. The average Bonchev–Trinajstić information content (AvgIpc) is 2.50. The van der Waals surface area contributed by atoms with Gasteiger partial charge in [-0.1, -0.05) is 26.0 Å². The van der Waals surface area contributed by atoms with Gasteiger partial charge >= 0.3 is 0 Å². The molecule has 0 unspecified atom stereocenters. The van der Waals surface area contributed by atoms with Crippen molar-refractivity contribution in [1.82, 2.24) is 9.44 Å². The molecular formula is C16H27FN2O4S2. The molecule has 1 aromatic rings. The second-order valence-electron chi connectivity index (χ2n) is 5.88. The third-order valence-electron chi connectivity index (χ3n) is 3.51. The van der Waals surface area contributed by atoms with Gasteiger partial charge in [-0.05, 0) is 37.3 Å². The molecule has 25 heavy (non-hydrogen) atoms. The molecule has 0 amide bonds. The second-order valence-corrected chi connectivity index (χ2v) is 9.74. The maximum atomic E-state index is 14.1. The van der Waals surface area contributed by atoms with E-state index in [-0.39, 0.29) is 23.6 Å². The smallest absolute Gasteiger partial charge is 0.211 e. The van der Waals surface area contributed by atoms with Crippen LogP contribution in [-0.4, -0.2) is 34.9 Å². The van der Waals surface area contributed by atoms with Crippen molar-refractivity contribution >= 4 is 20.0 Å². The van der Waals surface area contributed by atoms with Gasteiger partial charge in [0.15, 0.2) is 0 Å². The van der Waals surface area contributed by atoms with Crippen molar-refractivity contribution in [2.75, 3.05) is 18.1 Å². The van der Waals surface area contributed by atoms with E-state index in [1.165, 1.54) is 6.07 Å². The van der Waals surface area contributed by atoms with Crippen LogP contribution in [0.3, 0.4) is 0 Å². The third-order valence-corrected chi connectivity index (χ3v) is 6.63. The highest BCUT2D eigenvalue weighted by molar-refractivity contribution is 7.89. The minimum Gasteiger partial charge on any atom is -0.215 e. The van der Waals surface area contributed by atoms with Gasteiger partial charge in [-0.15, -0.1) is 0 Å². The van der Waals surface area contributed by atoms with Gasteiger partial charge < -0.3 is 0 Å². The van der Waals surface area contributed by atoms with Crippen LogP contribution in [0.2, 0.25) is 0 Å². The lowest BCUT2D eigenvalue weighted by molar-refractivity contribution is 0.570. The summed E-state index contributed by atoms with van der Waals surface area (Å²) in [5.41, 5.74) is 1.03. The van der Waals surface area contributed by atoms with E-state index in [1.54, 1.807) is 26.0 Å². The van der Waals surface area contributed by atoms with Crippen LogP contribution in [0.5, 0.6) is 0 Å². The lowest BCUT2D eigenvalue weighted by Gasteiger charge is -2.09. The molecule has 0 aliphatic carbocycles. The van der Waals surface area contributed by atoms with Crippen molar-refractivity contribution in [2.45, 2.75) is 46.1 Å². The number of sulfonamides is 2. The molecule has 1 aromatic carbocycles. The first-order valence-electron chi connectivity index (χ1n) is 8.41.